The molecule has 1 amide bonds. The van der Waals surface area contributed by atoms with E-state index in [9.17, 15) is 9.59 Å². The Balaban J connectivity index is 2.09. The highest BCUT2D eigenvalue weighted by molar-refractivity contribution is 5.90. The molecule has 2 N–H and O–H groups in total. The molecule has 0 heterocycles. The van der Waals surface area contributed by atoms with Gasteiger partial charge < -0.3 is 19.9 Å². The van der Waals surface area contributed by atoms with Gasteiger partial charge in [0.2, 0.25) is 6.10 Å². The SMILES string of the molecule is COc1cc(/C=C/C(=O)OC(C(N)=O)c2ccccc2)ccc1OCC#N. The molecule has 0 saturated heterocycles. The zero-order valence-corrected chi connectivity index (χ0v) is 14.6. The van der Waals surface area contributed by atoms with Crippen molar-refractivity contribution in [2.45, 2.75) is 6.10 Å². The monoisotopic (exact) mass is 366 g/mol. The van der Waals surface area contributed by atoms with E-state index in [1.807, 2.05) is 6.07 Å². The first-order valence-corrected chi connectivity index (χ1v) is 7.96. The second-order valence-electron chi connectivity index (χ2n) is 5.32. The van der Waals surface area contributed by atoms with Gasteiger partial charge in [0, 0.05) is 11.6 Å². The van der Waals surface area contributed by atoms with Crippen LogP contribution in [0.3, 0.4) is 0 Å². The number of amides is 1. The second kappa shape index (κ2) is 9.63. The van der Waals surface area contributed by atoms with Gasteiger partial charge in [0.1, 0.15) is 6.07 Å². The highest BCUT2D eigenvalue weighted by Crippen LogP contribution is 2.28. The van der Waals surface area contributed by atoms with Crippen molar-refractivity contribution in [3.8, 4) is 17.6 Å². The number of nitrogens with zero attached hydrogens (tertiary/aromatic N) is 1. The van der Waals surface area contributed by atoms with Crippen molar-refractivity contribution in [3.63, 3.8) is 0 Å². The van der Waals surface area contributed by atoms with Crippen molar-refractivity contribution in [1.29, 1.82) is 5.26 Å². The van der Waals surface area contributed by atoms with E-state index in [-0.39, 0.29) is 6.61 Å². The maximum absolute atomic E-state index is 12.1. The number of methoxy groups -OCH3 is 1. The fourth-order valence-corrected chi connectivity index (χ4v) is 2.26. The molecule has 0 aliphatic carbocycles. The average molecular weight is 366 g/mol. The summed E-state index contributed by atoms with van der Waals surface area (Å²) < 4.78 is 15.6. The van der Waals surface area contributed by atoms with Gasteiger partial charge in [-0.15, -0.1) is 0 Å². The first-order valence-electron chi connectivity index (χ1n) is 7.96. The molecule has 2 aromatic carbocycles. The summed E-state index contributed by atoms with van der Waals surface area (Å²) in [6.07, 6.45) is 1.52. The number of esters is 1. The molecule has 0 fully saturated rings. The van der Waals surface area contributed by atoms with Crippen LogP contribution in [0.25, 0.3) is 6.08 Å². The summed E-state index contributed by atoms with van der Waals surface area (Å²) >= 11 is 0. The highest BCUT2D eigenvalue weighted by atomic mass is 16.5. The fraction of sp³-hybridized carbons (Fsp3) is 0.150. The molecule has 7 nitrogen and oxygen atoms in total. The molecular weight excluding hydrogens is 348 g/mol. The maximum Gasteiger partial charge on any atom is 0.331 e. The summed E-state index contributed by atoms with van der Waals surface area (Å²) in [6.45, 7) is -0.105. The number of nitriles is 1. The molecule has 27 heavy (non-hydrogen) atoms. The summed E-state index contributed by atoms with van der Waals surface area (Å²) in [6, 6.07) is 15.3. The molecule has 2 aromatic rings. The third-order valence-corrected chi connectivity index (χ3v) is 3.49. The zero-order valence-electron chi connectivity index (χ0n) is 14.6. The molecule has 0 radical (unpaired) electrons. The Morgan fingerprint density at radius 2 is 1.93 bits per heavy atom. The van der Waals surface area contributed by atoms with E-state index in [4.69, 9.17) is 25.2 Å². The first kappa shape index (κ1) is 19.5. The largest absolute Gasteiger partial charge is 0.493 e. The minimum atomic E-state index is -1.17. The minimum absolute atomic E-state index is 0.105. The van der Waals surface area contributed by atoms with E-state index in [1.165, 1.54) is 19.3 Å². The van der Waals surface area contributed by atoms with Crippen LogP contribution < -0.4 is 15.2 Å². The van der Waals surface area contributed by atoms with E-state index in [2.05, 4.69) is 0 Å². The lowest BCUT2D eigenvalue weighted by molar-refractivity contribution is -0.150. The average Bonchev–Trinajstić information content (AvgIpc) is 2.69. The van der Waals surface area contributed by atoms with Gasteiger partial charge in [-0.1, -0.05) is 36.4 Å². The standard InChI is InChI=1S/C20H18N2O5/c1-25-17-13-14(7-9-16(17)26-12-11-21)8-10-18(23)27-19(20(22)24)15-5-3-2-4-6-15/h2-10,13,19H,12H2,1H3,(H2,22,24)/b10-8+. The summed E-state index contributed by atoms with van der Waals surface area (Å²) in [4.78, 5) is 23.6. The van der Waals surface area contributed by atoms with Crippen LogP contribution in [0.5, 0.6) is 11.5 Å². The number of rotatable bonds is 8. The third kappa shape index (κ3) is 5.61. The molecule has 0 aliphatic rings. The molecule has 0 aromatic heterocycles. The Labute approximate surface area is 156 Å². The normalized spacial score (nSPS) is 11.4. The van der Waals surface area contributed by atoms with Crippen molar-refractivity contribution in [2.75, 3.05) is 13.7 Å². The summed E-state index contributed by atoms with van der Waals surface area (Å²) in [5, 5.41) is 8.57. The van der Waals surface area contributed by atoms with Gasteiger partial charge in [-0.05, 0) is 23.8 Å². The van der Waals surface area contributed by atoms with Crippen LogP contribution in [0.4, 0.5) is 0 Å². The van der Waals surface area contributed by atoms with E-state index in [1.54, 1.807) is 48.5 Å². The maximum atomic E-state index is 12.1. The van der Waals surface area contributed by atoms with Gasteiger partial charge in [0.15, 0.2) is 18.1 Å². The second-order valence-corrected chi connectivity index (χ2v) is 5.32. The number of benzene rings is 2. The summed E-state index contributed by atoms with van der Waals surface area (Å²) in [7, 11) is 1.47. The molecule has 0 saturated carbocycles. The Hall–Kier alpha value is -3.79. The predicted molar refractivity (Wildman–Crippen MR) is 97.6 cm³/mol. The van der Waals surface area contributed by atoms with Crippen LogP contribution >= 0.6 is 0 Å². The number of carbonyl (C=O) groups is 2. The zero-order chi connectivity index (χ0) is 19.6. The lowest BCUT2D eigenvalue weighted by Gasteiger charge is -2.13. The van der Waals surface area contributed by atoms with E-state index < -0.39 is 18.0 Å². The van der Waals surface area contributed by atoms with Gasteiger partial charge >= 0.3 is 5.97 Å². The van der Waals surface area contributed by atoms with Gasteiger partial charge in [-0.3, -0.25) is 4.79 Å². The molecule has 0 bridgehead atoms. The van der Waals surface area contributed by atoms with E-state index in [0.29, 0.717) is 22.6 Å². The number of hydrogen-bond donors (Lipinski definition) is 1. The Kier molecular flexibility index (Phi) is 6.97. The molecule has 138 valence electrons. The van der Waals surface area contributed by atoms with Crippen molar-refractivity contribution in [3.05, 3.63) is 65.7 Å². The number of primary amides is 1. The van der Waals surface area contributed by atoms with Gasteiger partial charge in [0.25, 0.3) is 5.91 Å². The molecule has 1 atom stereocenters. The quantitative estimate of drug-likeness (QED) is 0.567. The van der Waals surface area contributed by atoms with Gasteiger partial charge in [-0.25, -0.2) is 4.79 Å². The topological polar surface area (TPSA) is 112 Å². The Morgan fingerprint density at radius 3 is 2.56 bits per heavy atom. The van der Waals surface area contributed by atoms with Crippen molar-refractivity contribution in [2.24, 2.45) is 5.73 Å². The van der Waals surface area contributed by atoms with Crippen LogP contribution in [-0.2, 0) is 14.3 Å². The number of ether oxygens (including phenoxy) is 3. The third-order valence-electron chi connectivity index (χ3n) is 3.49. The molecule has 2 rings (SSSR count). The predicted octanol–water partition coefficient (Wildman–Crippen LogP) is 2.38. The van der Waals surface area contributed by atoms with Crippen LogP contribution in [0.1, 0.15) is 17.2 Å². The van der Waals surface area contributed by atoms with E-state index in [0.717, 1.165) is 0 Å². The van der Waals surface area contributed by atoms with Crippen LogP contribution in [0, 0.1) is 11.3 Å². The lowest BCUT2D eigenvalue weighted by Crippen LogP contribution is -2.25. The Morgan fingerprint density at radius 1 is 1.19 bits per heavy atom. The van der Waals surface area contributed by atoms with Gasteiger partial charge in [-0.2, -0.15) is 5.26 Å². The van der Waals surface area contributed by atoms with Crippen LogP contribution in [-0.4, -0.2) is 25.6 Å². The van der Waals surface area contributed by atoms with Crippen LogP contribution in [0.2, 0.25) is 0 Å². The smallest absolute Gasteiger partial charge is 0.331 e. The number of nitrogens with two attached hydrogens (primary N) is 1. The van der Waals surface area contributed by atoms with Crippen LogP contribution in [0.15, 0.2) is 54.6 Å². The molecule has 1 unspecified atom stereocenters. The minimum Gasteiger partial charge on any atom is -0.493 e. The molecular formula is C20H18N2O5. The van der Waals surface area contributed by atoms with Gasteiger partial charge in [0.05, 0.1) is 7.11 Å². The molecule has 0 aliphatic heterocycles. The van der Waals surface area contributed by atoms with Crippen molar-refractivity contribution >= 4 is 18.0 Å². The van der Waals surface area contributed by atoms with Crippen molar-refractivity contribution < 1.29 is 23.8 Å². The Bertz CT molecular complexity index is 872. The molecule has 7 heteroatoms. The molecule has 0 spiro atoms. The lowest BCUT2D eigenvalue weighted by atomic mass is 10.1. The summed E-state index contributed by atoms with van der Waals surface area (Å²) in [5.41, 5.74) is 6.46. The number of hydrogen-bond acceptors (Lipinski definition) is 6. The number of carbonyl (C=O) groups excluding carboxylic acids is 2. The summed E-state index contributed by atoms with van der Waals surface area (Å²) in [5.74, 6) is -0.647. The highest BCUT2D eigenvalue weighted by Gasteiger charge is 2.21. The van der Waals surface area contributed by atoms with Crippen molar-refractivity contribution in [1.82, 2.24) is 0 Å². The first-order chi connectivity index (χ1) is 13.0. The fourth-order valence-electron chi connectivity index (χ4n) is 2.26. The van der Waals surface area contributed by atoms with E-state index >= 15 is 0 Å².